The average Bonchev–Trinajstić information content (AvgIpc) is 1.38. The number of hydrogen-bond donors (Lipinski definition) is 0. The van der Waals surface area contributed by atoms with Gasteiger partial charge in [0, 0.05) is 5.38 Å². The Kier molecular flexibility index (Phi) is 9.59. The molecule has 0 aromatic heterocycles. The summed E-state index contributed by atoms with van der Waals surface area (Å²) in [6.45, 7) is 5.30. The Hall–Kier alpha value is 0.796. The fourth-order valence-corrected chi connectivity index (χ4v) is 0. The van der Waals surface area contributed by atoms with Crippen LogP contribution < -0.4 is 0 Å². The molecule has 0 aliphatic carbocycles. The molecule has 0 spiro atoms. The maximum absolute atomic E-state index is 5.34. The first-order chi connectivity index (χ1) is 2.27. The van der Waals surface area contributed by atoms with Crippen molar-refractivity contribution in [2.75, 3.05) is 0 Å². The van der Waals surface area contributed by atoms with E-state index in [0.717, 1.165) is 0 Å². The second-order valence-corrected chi connectivity index (χ2v) is 1.60. The molecule has 0 heterocycles. The molecule has 0 N–H and O–H groups in total. The largest absolute Gasteiger partial charge is 2.00 e. The van der Waals surface area contributed by atoms with Crippen LogP contribution in [0.2, 0.25) is 0 Å². The molecule has 34 valence electrons. The zero-order valence-electron chi connectivity index (χ0n) is 5.95. The Morgan fingerprint density at radius 1 is 2.00 bits per heavy atom. The maximum atomic E-state index is 5.34. The van der Waals surface area contributed by atoms with Crippen molar-refractivity contribution in [3.63, 3.8) is 0 Å². The monoisotopic (exact) mass is 116 g/mol. The van der Waals surface area contributed by atoms with Crippen molar-refractivity contribution >= 4 is 34.7 Å². The molecule has 1 unspecified atom stereocenters. The van der Waals surface area contributed by atoms with E-state index in [2.05, 4.69) is 6.58 Å². The molecule has 0 bridgehead atoms. The predicted octanol–water partition coefficient (Wildman–Crippen LogP) is 1.64. The Bertz CT molecular complexity index is 41.0. The van der Waals surface area contributed by atoms with Crippen LogP contribution in [0.1, 0.15) is 9.78 Å². The molecule has 0 aliphatic rings. The third kappa shape index (κ3) is 8.84. The first-order valence-corrected chi connectivity index (χ1v) is 1.97. The number of allylic oxidation sites excluding steroid dienone is 1. The summed E-state index contributed by atoms with van der Waals surface area (Å²) in [6.07, 6.45) is 1.68. The van der Waals surface area contributed by atoms with Crippen molar-refractivity contribution in [1.82, 2.24) is 0 Å². The van der Waals surface area contributed by atoms with Crippen molar-refractivity contribution in [2.24, 2.45) is 0 Å². The van der Waals surface area contributed by atoms with Crippen molar-refractivity contribution in [3.05, 3.63) is 12.7 Å². The van der Waals surface area contributed by atoms with Crippen molar-refractivity contribution in [2.45, 2.75) is 12.3 Å². The summed E-state index contributed by atoms with van der Waals surface area (Å²) in [4.78, 5) is 0. The Balaban J connectivity index is -0.0000000267. The third-order valence-corrected chi connectivity index (χ3v) is 0.503. The van der Waals surface area contributed by atoms with Gasteiger partial charge in [0.25, 0.3) is 0 Å². The zero-order valence-corrected chi connectivity index (χ0v) is 6.12. The molecule has 0 saturated heterocycles. The van der Waals surface area contributed by atoms with E-state index >= 15 is 0 Å². The van der Waals surface area contributed by atoms with Gasteiger partial charge in [-0.3, -0.25) is 0 Å². The van der Waals surface area contributed by atoms with Gasteiger partial charge in [0.15, 0.2) is 0 Å². The summed E-state index contributed by atoms with van der Waals surface area (Å²) >= 11 is 5.34. The second-order valence-electron chi connectivity index (χ2n) is 0.913. The van der Waals surface area contributed by atoms with Gasteiger partial charge in [-0.15, -0.1) is 18.2 Å². The second kappa shape index (κ2) is 5.80. The van der Waals surface area contributed by atoms with E-state index in [9.17, 15) is 0 Å². The van der Waals surface area contributed by atoms with E-state index in [1.165, 1.54) is 0 Å². The first-order valence-electron chi connectivity index (χ1n) is 1.54. The third-order valence-electron chi connectivity index (χ3n) is 0.325. The van der Waals surface area contributed by atoms with Crippen LogP contribution in [-0.2, 0) is 0 Å². The van der Waals surface area contributed by atoms with Gasteiger partial charge in [-0.25, -0.2) is 0 Å². The van der Waals surface area contributed by atoms with Gasteiger partial charge in [0.05, 0.1) is 0 Å². The molecule has 0 fully saturated rings. The summed E-state index contributed by atoms with van der Waals surface area (Å²) in [6, 6.07) is 0. The summed E-state index contributed by atoms with van der Waals surface area (Å²) < 4.78 is 0. The quantitative estimate of drug-likeness (QED) is 0.278. The number of halogens is 1. The molecule has 0 rings (SSSR count). The van der Waals surface area contributed by atoms with Gasteiger partial charge in [0.2, 0.25) is 0 Å². The van der Waals surface area contributed by atoms with Crippen molar-refractivity contribution in [3.8, 4) is 0 Å². The molecule has 0 aromatic carbocycles. The summed E-state index contributed by atoms with van der Waals surface area (Å²) in [5.41, 5.74) is 0. The van der Waals surface area contributed by atoms with E-state index in [1.54, 1.807) is 6.08 Å². The topological polar surface area (TPSA) is 0 Å². The van der Waals surface area contributed by atoms with E-state index in [4.69, 9.17) is 11.6 Å². The smallest absolute Gasteiger partial charge is 1.00 e. The molecular weight excluding hydrogens is 108 g/mol. The summed E-state index contributed by atoms with van der Waals surface area (Å²) in [5, 5.41) is 0.120. The molecule has 0 aliphatic heterocycles. The Morgan fingerprint density at radius 3 is 2.17 bits per heavy atom. The Labute approximate surface area is 62.7 Å². The first kappa shape index (κ1) is 9.93. The minimum Gasteiger partial charge on any atom is -1.00 e. The average molecular weight is 117 g/mol. The van der Waals surface area contributed by atoms with E-state index in [1.807, 2.05) is 6.92 Å². The van der Waals surface area contributed by atoms with Gasteiger partial charge in [-0.05, 0) is 6.92 Å². The fraction of sp³-hybridized carbons (Fsp3) is 0.500. The Morgan fingerprint density at radius 2 is 2.17 bits per heavy atom. The van der Waals surface area contributed by atoms with E-state index in [-0.39, 0.29) is 31.3 Å². The minimum atomic E-state index is 0. The fourth-order valence-electron chi connectivity index (χ4n) is 0. The van der Waals surface area contributed by atoms with Crippen molar-refractivity contribution < 1.29 is 2.85 Å². The normalized spacial score (nSPS) is 11.7. The van der Waals surface area contributed by atoms with Crippen LogP contribution in [0.4, 0.5) is 0 Å². The van der Waals surface area contributed by atoms with Gasteiger partial charge in [-0.2, -0.15) is 0 Å². The standard InChI is InChI=1S/C4H7Cl.Mg.2H/c1-3-4(2)5;;;/h3-4H,1H2,2H3;;;/q;+2;2*-1. The van der Waals surface area contributed by atoms with Gasteiger partial charge < -0.3 is 2.85 Å². The molecule has 0 nitrogen and oxygen atoms in total. The van der Waals surface area contributed by atoms with Gasteiger partial charge in [0.1, 0.15) is 0 Å². The number of alkyl halides is 1. The molecule has 6 heavy (non-hydrogen) atoms. The van der Waals surface area contributed by atoms with Gasteiger partial charge >= 0.3 is 23.1 Å². The van der Waals surface area contributed by atoms with Crippen LogP contribution in [0.25, 0.3) is 0 Å². The van der Waals surface area contributed by atoms with Crippen LogP contribution in [0, 0.1) is 0 Å². The predicted molar refractivity (Wildman–Crippen MR) is 33.5 cm³/mol. The molecule has 0 amide bonds. The van der Waals surface area contributed by atoms with E-state index in [0.29, 0.717) is 0 Å². The van der Waals surface area contributed by atoms with E-state index < -0.39 is 0 Å². The van der Waals surface area contributed by atoms with Crippen LogP contribution in [0.5, 0.6) is 0 Å². The summed E-state index contributed by atoms with van der Waals surface area (Å²) in [5.74, 6) is 0. The molecule has 0 radical (unpaired) electrons. The molecule has 2 heteroatoms. The maximum Gasteiger partial charge on any atom is 2.00 e. The number of hydrogen-bond acceptors (Lipinski definition) is 0. The van der Waals surface area contributed by atoms with Crippen LogP contribution in [0.3, 0.4) is 0 Å². The minimum absolute atomic E-state index is 0. The SMILES string of the molecule is C=CC(C)Cl.[H-].[H-].[Mg+2]. The van der Waals surface area contributed by atoms with Gasteiger partial charge in [-0.1, -0.05) is 6.08 Å². The summed E-state index contributed by atoms with van der Waals surface area (Å²) in [7, 11) is 0. The van der Waals surface area contributed by atoms with Crippen LogP contribution >= 0.6 is 11.6 Å². The van der Waals surface area contributed by atoms with Crippen LogP contribution in [-0.4, -0.2) is 28.4 Å². The molecular formula is C4H9ClMg. The molecule has 1 atom stereocenters. The van der Waals surface area contributed by atoms with Crippen LogP contribution in [0.15, 0.2) is 12.7 Å². The van der Waals surface area contributed by atoms with Crippen molar-refractivity contribution in [1.29, 1.82) is 0 Å². The number of rotatable bonds is 1. The molecule has 0 saturated carbocycles. The zero-order chi connectivity index (χ0) is 4.28. The molecule has 0 aromatic rings.